The van der Waals surface area contributed by atoms with Crippen molar-refractivity contribution < 1.29 is 9.50 Å². The average molecular weight is 296 g/mol. The van der Waals surface area contributed by atoms with Gasteiger partial charge in [0, 0.05) is 23.4 Å². The van der Waals surface area contributed by atoms with E-state index < -0.39 is 12.3 Å². The Morgan fingerprint density at radius 1 is 1.40 bits per heavy atom. The van der Waals surface area contributed by atoms with E-state index in [-0.39, 0.29) is 13.1 Å². The third kappa shape index (κ3) is 2.31. The van der Waals surface area contributed by atoms with E-state index in [1.54, 1.807) is 17.0 Å². The number of benzene rings is 1. The Labute approximate surface area is 121 Å². The van der Waals surface area contributed by atoms with Crippen LogP contribution in [0.2, 0.25) is 5.02 Å². The minimum Gasteiger partial charge on any atom is -0.388 e. The number of aliphatic hydroxyl groups excluding tert-OH is 1. The highest BCUT2D eigenvalue weighted by Crippen LogP contribution is 2.29. The second-order valence-corrected chi connectivity index (χ2v) is 5.40. The highest BCUT2D eigenvalue weighted by Gasteiger charge is 2.32. The second kappa shape index (κ2) is 5.14. The highest BCUT2D eigenvalue weighted by atomic mass is 35.5. The number of hydrogen-bond acceptors (Lipinski definition) is 4. The van der Waals surface area contributed by atoms with Crippen LogP contribution in [0.3, 0.4) is 0 Å². The molecule has 0 unspecified atom stereocenters. The number of aromatic nitrogens is 2. The van der Waals surface area contributed by atoms with Gasteiger partial charge < -0.3 is 10.0 Å². The Kier molecular flexibility index (Phi) is 3.48. The molecular weight excluding hydrogens is 281 g/mol. The minimum atomic E-state index is -1.24. The van der Waals surface area contributed by atoms with Gasteiger partial charge in [0.1, 0.15) is 23.9 Å². The second-order valence-electron chi connectivity index (χ2n) is 4.97. The van der Waals surface area contributed by atoms with Crippen LogP contribution in [0.4, 0.5) is 10.2 Å². The van der Waals surface area contributed by atoms with E-state index in [1.165, 1.54) is 0 Å². The molecule has 2 atom stereocenters. The van der Waals surface area contributed by atoms with Gasteiger partial charge in [0.05, 0.1) is 12.1 Å². The van der Waals surface area contributed by atoms with Gasteiger partial charge >= 0.3 is 0 Å². The van der Waals surface area contributed by atoms with Crippen LogP contribution in [-0.4, -0.2) is 40.4 Å². The summed E-state index contributed by atoms with van der Waals surface area (Å²) in [7, 11) is 0. The molecule has 2 aromatic rings. The first-order valence-corrected chi connectivity index (χ1v) is 6.99. The fourth-order valence-corrected chi connectivity index (χ4v) is 2.62. The molecule has 2 heterocycles. The summed E-state index contributed by atoms with van der Waals surface area (Å²) in [6, 6.07) is 5.38. The smallest absolute Gasteiger partial charge is 0.145 e. The van der Waals surface area contributed by atoms with Gasteiger partial charge in [0.2, 0.25) is 0 Å². The molecule has 20 heavy (non-hydrogen) atoms. The van der Waals surface area contributed by atoms with E-state index in [2.05, 4.69) is 9.97 Å². The first-order valence-electron chi connectivity index (χ1n) is 6.61. The molecule has 0 bridgehead atoms. The number of hydrogen-bond donors (Lipinski definition) is 1. The molecule has 1 aliphatic heterocycles. The zero-order valence-electron chi connectivity index (χ0n) is 11.1. The summed E-state index contributed by atoms with van der Waals surface area (Å²) in [4.78, 5) is 10.7. The number of rotatable bonds is 2. The predicted molar refractivity (Wildman–Crippen MR) is 77.0 cm³/mol. The number of nitrogens with zero attached hydrogens (tertiary/aromatic N) is 3. The summed E-state index contributed by atoms with van der Waals surface area (Å²) in [5.74, 6) is 1.36. The molecular formula is C14H15ClFN3O. The van der Waals surface area contributed by atoms with Crippen LogP contribution < -0.4 is 4.90 Å². The number of β-amino-alcohol motifs (C(OH)–C–C–N with tert-alkyl or cyclic N) is 1. The van der Waals surface area contributed by atoms with Crippen LogP contribution in [0.15, 0.2) is 18.2 Å². The molecule has 0 spiro atoms. The first kappa shape index (κ1) is 13.5. The number of fused-ring (bicyclic) bond motifs is 1. The fraction of sp³-hybridized carbons (Fsp3) is 0.429. The lowest BCUT2D eigenvalue weighted by molar-refractivity contribution is 0.118. The molecule has 0 amide bonds. The molecule has 1 fully saturated rings. The van der Waals surface area contributed by atoms with Crippen molar-refractivity contribution in [1.82, 2.24) is 9.97 Å². The maximum Gasteiger partial charge on any atom is 0.145 e. The van der Waals surface area contributed by atoms with E-state index in [9.17, 15) is 9.50 Å². The zero-order chi connectivity index (χ0) is 14.3. The Morgan fingerprint density at radius 2 is 2.20 bits per heavy atom. The molecule has 6 heteroatoms. The molecule has 1 aliphatic rings. The Hall–Kier alpha value is -1.46. The third-order valence-corrected chi connectivity index (χ3v) is 3.76. The van der Waals surface area contributed by atoms with Crippen LogP contribution in [0, 0.1) is 0 Å². The van der Waals surface area contributed by atoms with Crippen LogP contribution in [0.1, 0.15) is 12.7 Å². The van der Waals surface area contributed by atoms with Crippen molar-refractivity contribution in [3.63, 3.8) is 0 Å². The van der Waals surface area contributed by atoms with Crippen molar-refractivity contribution >= 4 is 28.3 Å². The normalized spacial score (nSPS) is 22.7. The van der Waals surface area contributed by atoms with Crippen LogP contribution in [0.25, 0.3) is 10.9 Å². The number of halogens is 2. The van der Waals surface area contributed by atoms with E-state index in [0.717, 1.165) is 10.9 Å². The third-order valence-electron chi connectivity index (χ3n) is 3.52. The van der Waals surface area contributed by atoms with Gasteiger partial charge in [-0.25, -0.2) is 14.4 Å². The molecule has 0 aliphatic carbocycles. The van der Waals surface area contributed by atoms with E-state index in [0.29, 0.717) is 23.1 Å². The van der Waals surface area contributed by atoms with Gasteiger partial charge in [0.25, 0.3) is 0 Å². The Morgan fingerprint density at radius 3 is 2.85 bits per heavy atom. The van der Waals surface area contributed by atoms with Crippen molar-refractivity contribution in [3.8, 4) is 0 Å². The molecule has 0 saturated carbocycles. The lowest BCUT2D eigenvalue weighted by Gasteiger charge is -2.19. The largest absolute Gasteiger partial charge is 0.388 e. The molecule has 106 valence electrons. The lowest BCUT2D eigenvalue weighted by atomic mass is 10.2. The summed E-state index contributed by atoms with van der Waals surface area (Å²) < 4.78 is 13.5. The van der Waals surface area contributed by atoms with E-state index in [4.69, 9.17) is 11.6 Å². The molecule has 1 aromatic heterocycles. The Balaban J connectivity index is 2.13. The van der Waals surface area contributed by atoms with Crippen molar-refractivity contribution in [2.75, 3.05) is 18.0 Å². The van der Waals surface area contributed by atoms with Crippen molar-refractivity contribution in [2.24, 2.45) is 0 Å². The van der Waals surface area contributed by atoms with Gasteiger partial charge in [-0.2, -0.15) is 0 Å². The van der Waals surface area contributed by atoms with Crippen LogP contribution in [-0.2, 0) is 6.42 Å². The highest BCUT2D eigenvalue weighted by molar-refractivity contribution is 6.31. The number of alkyl halides is 1. The lowest BCUT2D eigenvalue weighted by Crippen LogP contribution is -2.23. The molecule has 0 radical (unpaired) electrons. The Bertz CT molecular complexity index is 642. The number of aryl methyl sites for hydroxylation is 1. The van der Waals surface area contributed by atoms with Crippen LogP contribution in [0.5, 0.6) is 0 Å². The number of anilines is 1. The maximum atomic E-state index is 13.5. The van der Waals surface area contributed by atoms with Crippen molar-refractivity contribution in [1.29, 1.82) is 0 Å². The predicted octanol–water partition coefficient (Wildman–Crippen LogP) is 2.36. The minimum absolute atomic E-state index is 0.152. The summed E-state index contributed by atoms with van der Waals surface area (Å²) in [5, 5.41) is 11.0. The molecule has 1 aromatic carbocycles. The summed E-state index contributed by atoms with van der Waals surface area (Å²) >= 11 is 6.00. The SMILES string of the molecule is CCc1nc(N2C[C@@H](O)[C@H](F)C2)c2ccc(Cl)cc2n1. The zero-order valence-corrected chi connectivity index (χ0v) is 11.8. The fourth-order valence-electron chi connectivity index (χ4n) is 2.45. The first-order chi connectivity index (χ1) is 9.58. The molecule has 4 nitrogen and oxygen atoms in total. The van der Waals surface area contributed by atoms with Crippen LogP contribution >= 0.6 is 11.6 Å². The molecule has 1 N–H and O–H groups in total. The van der Waals surface area contributed by atoms with Gasteiger partial charge in [-0.05, 0) is 18.2 Å². The standard InChI is InChI=1S/C14H15ClFN3O/c1-2-13-17-11-5-8(15)3-4-9(11)14(18-13)19-6-10(16)12(20)7-19/h3-5,10,12,20H,2,6-7H2,1H3/t10-,12-/m1/s1. The van der Waals surface area contributed by atoms with Gasteiger partial charge in [-0.1, -0.05) is 18.5 Å². The van der Waals surface area contributed by atoms with E-state index >= 15 is 0 Å². The van der Waals surface area contributed by atoms with E-state index in [1.807, 2.05) is 13.0 Å². The molecule has 1 saturated heterocycles. The monoisotopic (exact) mass is 295 g/mol. The van der Waals surface area contributed by atoms with Gasteiger partial charge in [-0.3, -0.25) is 0 Å². The molecule has 3 rings (SSSR count). The topological polar surface area (TPSA) is 49.2 Å². The summed E-state index contributed by atoms with van der Waals surface area (Å²) in [5.41, 5.74) is 0.746. The van der Waals surface area contributed by atoms with Gasteiger partial charge in [-0.15, -0.1) is 0 Å². The number of aliphatic hydroxyl groups is 1. The van der Waals surface area contributed by atoms with Gasteiger partial charge in [0.15, 0.2) is 0 Å². The van der Waals surface area contributed by atoms with Crippen molar-refractivity contribution in [2.45, 2.75) is 25.6 Å². The summed E-state index contributed by atoms with van der Waals surface area (Å²) in [6.07, 6.45) is -1.51. The maximum absolute atomic E-state index is 13.5. The summed E-state index contributed by atoms with van der Waals surface area (Å²) in [6.45, 7) is 2.37. The quantitative estimate of drug-likeness (QED) is 0.924. The van der Waals surface area contributed by atoms with Crippen molar-refractivity contribution in [3.05, 3.63) is 29.0 Å². The average Bonchev–Trinajstić information content (AvgIpc) is 2.76.